The smallest absolute Gasteiger partial charge is 0.326 e. The Hall–Kier alpha value is -7.54. The molecule has 3 aromatic rings. The Kier molecular flexibility index (Phi) is 24.2. The highest BCUT2D eigenvalue weighted by Gasteiger charge is 2.35. The lowest BCUT2D eigenvalue weighted by molar-refractivity contribution is -0.142. The zero-order valence-electron chi connectivity index (χ0n) is 40.2. The fraction of sp³-hybridized carbons (Fsp3) is 0.468. The molecule has 16 N–H and O–H groups in total. The van der Waals surface area contributed by atoms with Crippen LogP contribution in [-0.2, 0) is 65.6 Å². The molecule has 0 saturated carbocycles. The number of carbonyl (C=O) groups excluding carboxylic acids is 9. The van der Waals surface area contributed by atoms with Gasteiger partial charge in [0.25, 0.3) is 0 Å². The zero-order valence-corrected chi connectivity index (χ0v) is 41.0. The molecule has 0 aliphatic carbocycles. The van der Waals surface area contributed by atoms with Crippen LogP contribution in [0.15, 0.2) is 60.8 Å². The molecule has 72 heavy (non-hydrogen) atoms. The van der Waals surface area contributed by atoms with Gasteiger partial charge in [-0.05, 0) is 60.8 Å². The zero-order chi connectivity index (χ0) is 53.5. The molecule has 25 heteroatoms. The maximum absolute atomic E-state index is 14.4. The van der Waals surface area contributed by atoms with Crippen molar-refractivity contribution < 1.29 is 63.0 Å². The molecule has 0 radical (unpaired) electrons. The Bertz CT molecular complexity index is 2400. The minimum atomic E-state index is -1.76. The summed E-state index contributed by atoms with van der Waals surface area (Å²) in [4.78, 5) is 147. The average Bonchev–Trinajstić information content (AvgIpc) is 3.73. The maximum atomic E-state index is 14.4. The van der Waals surface area contributed by atoms with Crippen LogP contribution in [0.1, 0.15) is 69.9 Å². The molecule has 0 fully saturated rings. The van der Waals surface area contributed by atoms with Gasteiger partial charge in [-0.25, -0.2) is 4.79 Å². The number of amides is 9. The summed E-state index contributed by atoms with van der Waals surface area (Å²) in [7, 11) is 0. The maximum Gasteiger partial charge on any atom is 0.326 e. The normalized spacial score (nSPS) is 14.0. The van der Waals surface area contributed by atoms with Crippen LogP contribution in [0.3, 0.4) is 0 Å². The SMILES string of the molecule is CSCC[C@H](NC(=O)[C@H](CC(N)=O)NC(=O)[C@H](CCC(=O)O)NC(=O)[C@H](Cc1ccccc1)NC(=O)[C@H](CCC(N)=O)NC(=O)[C@H](Cc1c[nH]c2ccccc12)NC(=O)[C@H](CC(C)C)NC(=O)CN)C(=O)O. The molecule has 0 bridgehead atoms. The van der Waals surface area contributed by atoms with Gasteiger partial charge >= 0.3 is 11.9 Å². The Balaban J connectivity index is 2.00. The van der Waals surface area contributed by atoms with Gasteiger partial charge in [-0.2, -0.15) is 11.8 Å². The van der Waals surface area contributed by atoms with E-state index < -0.39 is 146 Å². The molecule has 0 unspecified atom stereocenters. The lowest BCUT2D eigenvalue weighted by atomic mass is 10.00. The van der Waals surface area contributed by atoms with Crippen molar-refractivity contribution in [1.82, 2.24) is 42.2 Å². The van der Waals surface area contributed by atoms with E-state index in [1.807, 2.05) is 13.8 Å². The standard InChI is InChI=1S/C47H65N11O13S/c1-25(2)19-33(52-39(61)23-48)43(66)57-35(21-27-24-51-29-12-8-7-11-28(27)29)45(68)53-30(13-15-37(49)59)41(64)56-34(20-26-9-5-4-6-10-26)44(67)54-31(14-16-40(62)63)42(65)58-36(22-38(50)60)46(69)55-32(47(70)71)17-18-72-3/h4-12,24-25,30-36,51H,13-23,48H2,1-3H3,(H2,49,59)(H2,50,60)(H,52,61)(H,53,68)(H,54,67)(H,55,69)(H,56,64)(H,57,66)(H,58,65)(H,62,63)(H,70,71)/t30-,31-,32-,33-,34-,35-,36-/m0/s1. The number of nitrogens with one attached hydrogen (secondary N) is 8. The van der Waals surface area contributed by atoms with Crippen molar-refractivity contribution in [3.05, 3.63) is 71.9 Å². The first-order valence-electron chi connectivity index (χ1n) is 23.0. The Morgan fingerprint density at radius 3 is 1.62 bits per heavy atom. The Labute approximate surface area is 419 Å². The van der Waals surface area contributed by atoms with Gasteiger partial charge in [-0.15, -0.1) is 0 Å². The van der Waals surface area contributed by atoms with Crippen molar-refractivity contribution in [3.63, 3.8) is 0 Å². The van der Waals surface area contributed by atoms with Crippen LogP contribution in [0.5, 0.6) is 0 Å². The molecule has 7 atom stereocenters. The van der Waals surface area contributed by atoms with Gasteiger partial charge < -0.3 is 69.6 Å². The van der Waals surface area contributed by atoms with E-state index >= 15 is 0 Å². The number of nitrogens with two attached hydrogens (primary N) is 3. The molecular weight excluding hydrogens is 959 g/mol. The number of carbonyl (C=O) groups is 11. The Morgan fingerprint density at radius 1 is 0.583 bits per heavy atom. The van der Waals surface area contributed by atoms with Crippen LogP contribution in [-0.4, -0.2) is 141 Å². The number of aliphatic carboxylic acids is 2. The molecule has 0 aliphatic rings. The summed E-state index contributed by atoms with van der Waals surface area (Å²) in [6.45, 7) is 3.23. The highest BCUT2D eigenvalue weighted by atomic mass is 32.2. The second-order valence-corrected chi connectivity index (χ2v) is 18.3. The third-order valence-electron chi connectivity index (χ3n) is 11.0. The molecule has 3 rings (SSSR count). The second-order valence-electron chi connectivity index (χ2n) is 17.3. The molecule has 392 valence electrons. The van der Waals surface area contributed by atoms with Crippen LogP contribution in [0, 0.1) is 5.92 Å². The number of carboxylic acid groups (broad SMARTS) is 2. The first-order valence-corrected chi connectivity index (χ1v) is 24.4. The largest absolute Gasteiger partial charge is 0.481 e. The van der Waals surface area contributed by atoms with Crippen LogP contribution in [0.2, 0.25) is 0 Å². The first-order chi connectivity index (χ1) is 34.1. The monoisotopic (exact) mass is 1020 g/mol. The topological polar surface area (TPSA) is 406 Å². The molecule has 0 spiro atoms. The molecule has 2 aromatic carbocycles. The summed E-state index contributed by atoms with van der Waals surface area (Å²) in [6.07, 6.45) is 0.163. The van der Waals surface area contributed by atoms with Gasteiger partial charge in [0, 0.05) is 42.8 Å². The molecular formula is C47H65N11O13S. The third-order valence-corrected chi connectivity index (χ3v) is 11.7. The molecule has 1 aromatic heterocycles. The van der Waals surface area contributed by atoms with Crippen molar-refractivity contribution in [2.75, 3.05) is 18.6 Å². The fourth-order valence-electron chi connectivity index (χ4n) is 7.37. The van der Waals surface area contributed by atoms with Gasteiger partial charge in [0.1, 0.15) is 42.3 Å². The van der Waals surface area contributed by atoms with Crippen molar-refractivity contribution in [1.29, 1.82) is 0 Å². The first kappa shape index (κ1) is 58.8. The average molecular weight is 1020 g/mol. The quantitative estimate of drug-likeness (QED) is 0.0328. The Morgan fingerprint density at radius 2 is 1.08 bits per heavy atom. The lowest BCUT2D eigenvalue weighted by Gasteiger charge is -2.28. The highest BCUT2D eigenvalue weighted by Crippen LogP contribution is 2.20. The summed E-state index contributed by atoms with van der Waals surface area (Å²) in [5, 5.41) is 37.2. The summed E-state index contributed by atoms with van der Waals surface area (Å²) in [5.74, 6) is -11.1. The van der Waals surface area contributed by atoms with Crippen molar-refractivity contribution in [3.8, 4) is 0 Å². The van der Waals surface area contributed by atoms with Gasteiger partial charge in [0.2, 0.25) is 53.2 Å². The second kappa shape index (κ2) is 29.6. The van der Waals surface area contributed by atoms with Crippen LogP contribution >= 0.6 is 11.8 Å². The molecule has 0 aliphatic heterocycles. The van der Waals surface area contributed by atoms with E-state index in [9.17, 15) is 63.0 Å². The number of aromatic nitrogens is 1. The molecule has 0 saturated heterocycles. The van der Waals surface area contributed by atoms with Gasteiger partial charge in [0.05, 0.1) is 13.0 Å². The third kappa shape index (κ3) is 20.1. The number of benzene rings is 2. The van der Waals surface area contributed by atoms with E-state index in [2.05, 4.69) is 42.2 Å². The summed E-state index contributed by atoms with van der Waals surface area (Å²) in [6, 6.07) is 4.71. The number of aromatic amines is 1. The number of hydrogen-bond acceptors (Lipinski definition) is 13. The number of para-hydroxylation sites is 1. The minimum absolute atomic E-state index is 0.0180. The van der Waals surface area contributed by atoms with E-state index in [1.54, 1.807) is 67.0 Å². The van der Waals surface area contributed by atoms with Crippen LogP contribution in [0.25, 0.3) is 10.9 Å². The summed E-state index contributed by atoms with van der Waals surface area (Å²) >= 11 is 1.30. The number of hydrogen-bond donors (Lipinski definition) is 13. The van der Waals surface area contributed by atoms with Crippen molar-refractivity contribution in [2.45, 2.75) is 114 Å². The molecule has 1 heterocycles. The van der Waals surface area contributed by atoms with Gasteiger partial charge in [0.15, 0.2) is 0 Å². The minimum Gasteiger partial charge on any atom is -0.481 e. The van der Waals surface area contributed by atoms with Crippen molar-refractivity contribution in [2.24, 2.45) is 23.1 Å². The number of rotatable bonds is 32. The van der Waals surface area contributed by atoms with E-state index in [1.165, 1.54) is 11.8 Å². The lowest BCUT2D eigenvalue weighted by Crippen LogP contribution is -2.60. The predicted octanol–water partition coefficient (Wildman–Crippen LogP) is -1.81. The van der Waals surface area contributed by atoms with Gasteiger partial charge in [-0.1, -0.05) is 62.4 Å². The number of carboxylic acids is 2. The van der Waals surface area contributed by atoms with E-state index in [0.717, 1.165) is 5.52 Å². The summed E-state index contributed by atoms with van der Waals surface area (Å²) < 4.78 is 0. The molecule has 9 amide bonds. The van der Waals surface area contributed by atoms with Crippen LogP contribution in [0.4, 0.5) is 0 Å². The molecule has 24 nitrogen and oxygen atoms in total. The predicted molar refractivity (Wildman–Crippen MR) is 264 cm³/mol. The van der Waals surface area contributed by atoms with E-state index in [4.69, 9.17) is 17.2 Å². The van der Waals surface area contributed by atoms with Crippen LogP contribution < -0.4 is 54.4 Å². The van der Waals surface area contributed by atoms with Gasteiger partial charge in [-0.3, -0.25) is 47.9 Å². The van der Waals surface area contributed by atoms with Crippen molar-refractivity contribution >= 4 is 87.8 Å². The van der Waals surface area contributed by atoms with E-state index in [-0.39, 0.29) is 31.6 Å². The summed E-state index contributed by atoms with van der Waals surface area (Å²) in [5.41, 5.74) is 18.1. The highest BCUT2D eigenvalue weighted by molar-refractivity contribution is 7.98. The number of fused-ring (bicyclic) bond motifs is 1. The fourth-order valence-corrected chi connectivity index (χ4v) is 7.85. The number of H-pyrrole nitrogens is 1. The number of thioether (sulfide) groups is 1. The van der Waals surface area contributed by atoms with E-state index in [0.29, 0.717) is 22.3 Å². The number of primary amides is 2.